The second kappa shape index (κ2) is 8.80. The van der Waals surface area contributed by atoms with Crippen LogP contribution in [0.2, 0.25) is 0 Å². The van der Waals surface area contributed by atoms with E-state index in [2.05, 4.69) is 12.2 Å². The summed E-state index contributed by atoms with van der Waals surface area (Å²) in [4.78, 5) is 12.7. The van der Waals surface area contributed by atoms with Crippen molar-refractivity contribution in [3.8, 4) is 5.63 Å². The maximum absolute atomic E-state index is 11.0. The molecule has 0 aliphatic rings. The van der Waals surface area contributed by atoms with Crippen LogP contribution in [0.4, 0.5) is 0 Å². The van der Waals surface area contributed by atoms with Gasteiger partial charge < -0.3 is 0 Å². The third-order valence-electron chi connectivity index (χ3n) is 1.90. The van der Waals surface area contributed by atoms with Gasteiger partial charge in [-0.3, -0.25) is 0 Å². The van der Waals surface area contributed by atoms with Crippen molar-refractivity contribution >= 4 is 13.8 Å². The van der Waals surface area contributed by atoms with Gasteiger partial charge >= 0.3 is 85.6 Å². The molecular weight excluding hydrogens is 197 g/mol. The van der Waals surface area contributed by atoms with Crippen LogP contribution < -0.4 is 0 Å². The van der Waals surface area contributed by atoms with Crippen molar-refractivity contribution in [2.24, 2.45) is 0 Å². The van der Waals surface area contributed by atoms with Gasteiger partial charge in [0, 0.05) is 0 Å². The molecule has 0 aromatic heterocycles. The van der Waals surface area contributed by atoms with Gasteiger partial charge in [-0.1, -0.05) is 0 Å². The van der Waals surface area contributed by atoms with Crippen LogP contribution in [-0.2, 0) is 9.36 Å². The standard InChI is InChI=1S/C10H16NO2P/c1-3-10(12)11(2)8-6-4-5-7-9-14-13/h3H,1,4-8H2,2H3. The number of hydrogen-bond donors (Lipinski definition) is 0. The van der Waals surface area contributed by atoms with Crippen molar-refractivity contribution in [1.82, 2.24) is 4.90 Å². The second-order valence-electron chi connectivity index (χ2n) is 3.02. The third kappa shape index (κ3) is 6.71. The SMILES string of the molecule is C=CC(=O)N(C)CCCCCC#P=O. The van der Waals surface area contributed by atoms with Crippen LogP contribution in [0.3, 0.4) is 0 Å². The molecule has 0 aliphatic heterocycles. The van der Waals surface area contributed by atoms with Gasteiger partial charge in [0.2, 0.25) is 0 Å². The van der Waals surface area contributed by atoms with E-state index in [1.807, 2.05) is 0 Å². The van der Waals surface area contributed by atoms with Crippen LogP contribution >= 0.6 is 7.92 Å². The molecule has 14 heavy (non-hydrogen) atoms. The fourth-order valence-electron chi connectivity index (χ4n) is 1.04. The molecular formula is C10H16NO2P. The molecule has 0 rings (SSSR count). The molecule has 0 radical (unpaired) electrons. The van der Waals surface area contributed by atoms with E-state index in [4.69, 9.17) is 0 Å². The molecule has 0 unspecified atom stereocenters. The van der Waals surface area contributed by atoms with E-state index in [-0.39, 0.29) is 13.8 Å². The van der Waals surface area contributed by atoms with E-state index in [1.165, 1.54) is 6.08 Å². The number of rotatable bonds is 6. The van der Waals surface area contributed by atoms with Crippen LogP contribution in [0.15, 0.2) is 12.7 Å². The summed E-state index contributed by atoms with van der Waals surface area (Å²) in [5.41, 5.74) is 2.69. The summed E-state index contributed by atoms with van der Waals surface area (Å²) in [5.74, 6) is -0.0406. The van der Waals surface area contributed by atoms with Crippen LogP contribution in [0.25, 0.3) is 0 Å². The summed E-state index contributed by atoms with van der Waals surface area (Å²) in [6.07, 6.45) is 5.04. The quantitative estimate of drug-likeness (QED) is 0.386. The number of nitrogens with zero attached hydrogens (tertiary/aromatic N) is 1. The van der Waals surface area contributed by atoms with Crippen molar-refractivity contribution < 1.29 is 9.36 Å². The van der Waals surface area contributed by atoms with Gasteiger partial charge in [0.1, 0.15) is 0 Å². The first-order valence-corrected chi connectivity index (χ1v) is 5.46. The van der Waals surface area contributed by atoms with Gasteiger partial charge in [-0.25, -0.2) is 0 Å². The van der Waals surface area contributed by atoms with E-state index < -0.39 is 0 Å². The summed E-state index contributed by atoms with van der Waals surface area (Å²) in [7, 11) is 1.75. The predicted molar refractivity (Wildman–Crippen MR) is 57.8 cm³/mol. The summed E-state index contributed by atoms with van der Waals surface area (Å²) in [5, 5.41) is 0. The fraction of sp³-hybridized carbons (Fsp3) is 0.600. The summed E-state index contributed by atoms with van der Waals surface area (Å²) >= 11 is 0. The van der Waals surface area contributed by atoms with E-state index in [9.17, 15) is 9.36 Å². The zero-order valence-corrected chi connectivity index (χ0v) is 9.43. The topological polar surface area (TPSA) is 37.4 Å². The van der Waals surface area contributed by atoms with Crippen LogP contribution in [0.1, 0.15) is 25.7 Å². The van der Waals surface area contributed by atoms with E-state index in [0.29, 0.717) is 0 Å². The van der Waals surface area contributed by atoms with Gasteiger partial charge in [-0.2, -0.15) is 0 Å². The Kier molecular flexibility index (Phi) is 8.31. The monoisotopic (exact) mass is 213 g/mol. The molecule has 0 aliphatic carbocycles. The number of carbonyl (C=O) groups is 1. The Balaban J connectivity index is 3.43. The zero-order valence-electron chi connectivity index (χ0n) is 8.53. The van der Waals surface area contributed by atoms with Crippen LogP contribution in [-0.4, -0.2) is 24.4 Å². The molecule has 78 valence electrons. The Morgan fingerprint density at radius 3 is 2.79 bits per heavy atom. The Morgan fingerprint density at radius 1 is 1.50 bits per heavy atom. The maximum atomic E-state index is 11.0. The molecule has 0 fully saturated rings. The fourth-order valence-corrected chi connectivity index (χ4v) is 1.29. The zero-order chi connectivity index (χ0) is 10.8. The summed E-state index contributed by atoms with van der Waals surface area (Å²) in [6.45, 7) is 4.16. The molecule has 0 spiro atoms. The Hall–Kier alpha value is -0.780. The molecule has 3 nitrogen and oxygen atoms in total. The minimum absolute atomic E-state index is 0.0101. The van der Waals surface area contributed by atoms with Gasteiger partial charge in [-0.15, -0.1) is 0 Å². The van der Waals surface area contributed by atoms with E-state index >= 15 is 0 Å². The molecule has 0 saturated heterocycles. The second-order valence-corrected chi connectivity index (χ2v) is 3.52. The number of amides is 1. The van der Waals surface area contributed by atoms with E-state index in [0.717, 1.165) is 32.2 Å². The van der Waals surface area contributed by atoms with Gasteiger partial charge in [0.05, 0.1) is 0 Å². The molecule has 0 atom stereocenters. The number of unbranched alkanes of at least 4 members (excludes halogenated alkanes) is 3. The first-order chi connectivity index (χ1) is 6.72. The summed E-state index contributed by atoms with van der Waals surface area (Å²) < 4.78 is 10.00. The molecule has 0 aromatic rings. The van der Waals surface area contributed by atoms with Crippen molar-refractivity contribution in [3.05, 3.63) is 12.7 Å². The van der Waals surface area contributed by atoms with Crippen molar-refractivity contribution in [2.75, 3.05) is 13.6 Å². The molecule has 0 saturated carbocycles. The van der Waals surface area contributed by atoms with Crippen molar-refractivity contribution in [2.45, 2.75) is 25.7 Å². The molecule has 1 amide bonds. The normalized spacial score (nSPS) is 8.93. The van der Waals surface area contributed by atoms with Gasteiger partial charge in [0.15, 0.2) is 0 Å². The summed E-state index contributed by atoms with van der Waals surface area (Å²) in [6, 6.07) is 0. The first kappa shape index (κ1) is 13.2. The number of likely N-dealkylation sites (N-methyl/N-ethyl adjacent to an activating group) is 1. The van der Waals surface area contributed by atoms with Gasteiger partial charge in [-0.05, 0) is 0 Å². The molecule has 0 bridgehead atoms. The predicted octanol–water partition coefficient (Wildman–Crippen LogP) is 2.44. The molecule has 0 aromatic carbocycles. The van der Waals surface area contributed by atoms with Crippen molar-refractivity contribution in [3.63, 3.8) is 0 Å². The first-order valence-electron chi connectivity index (χ1n) is 4.65. The minimum atomic E-state index is -0.0406. The molecule has 4 heteroatoms. The Bertz CT molecular complexity index is 281. The Morgan fingerprint density at radius 2 is 2.21 bits per heavy atom. The van der Waals surface area contributed by atoms with Crippen LogP contribution in [0, 0.1) is 5.63 Å². The van der Waals surface area contributed by atoms with E-state index in [1.54, 1.807) is 11.9 Å². The van der Waals surface area contributed by atoms with Crippen molar-refractivity contribution in [1.29, 1.82) is 0 Å². The molecule has 0 N–H and O–H groups in total. The average molecular weight is 213 g/mol. The number of carbonyl (C=O) groups excluding carboxylic acids is 1. The average Bonchev–Trinajstić information content (AvgIpc) is 2.21. The molecule has 0 heterocycles. The van der Waals surface area contributed by atoms with Gasteiger partial charge in [0.25, 0.3) is 0 Å². The Labute approximate surface area is 86.3 Å². The number of hydrogen-bond acceptors (Lipinski definition) is 2. The third-order valence-corrected chi connectivity index (χ3v) is 2.25. The van der Waals surface area contributed by atoms with Crippen LogP contribution in [0.5, 0.6) is 0 Å².